The number of hydrogen-bond acceptors (Lipinski definition) is 4. The highest BCUT2D eigenvalue weighted by Crippen LogP contribution is 2.25. The number of fused-ring (bicyclic) bond motifs is 1. The highest BCUT2D eigenvalue weighted by molar-refractivity contribution is 5.38. The van der Waals surface area contributed by atoms with Crippen LogP contribution in [0.4, 0.5) is 0 Å². The zero-order valence-corrected chi connectivity index (χ0v) is 14.3. The van der Waals surface area contributed by atoms with Crippen molar-refractivity contribution in [3.63, 3.8) is 0 Å². The minimum absolute atomic E-state index is 0.116. The van der Waals surface area contributed by atoms with Crippen LogP contribution in [0.5, 0.6) is 5.88 Å². The summed E-state index contributed by atoms with van der Waals surface area (Å²) in [6.07, 6.45) is 6.45. The Labute approximate surface area is 132 Å². The number of nitrogens with zero attached hydrogens (tertiary/aromatic N) is 3. The summed E-state index contributed by atoms with van der Waals surface area (Å²) in [6, 6.07) is 0. The number of rotatable bonds is 3. The van der Waals surface area contributed by atoms with Crippen molar-refractivity contribution in [2.24, 2.45) is 0 Å². The molecule has 2 aromatic rings. The smallest absolute Gasteiger partial charge is 0.237 e. The van der Waals surface area contributed by atoms with Crippen LogP contribution in [0.1, 0.15) is 57.7 Å². The Morgan fingerprint density at radius 3 is 2.68 bits per heavy atom. The van der Waals surface area contributed by atoms with Crippen LogP contribution in [-0.2, 0) is 4.74 Å². The summed E-state index contributed by atoms with van der Waals surface area (Å²) in [6.45, 7) is 11.6. The first-order valence-corrected chi connectivity index (χ1v) is 8.24. The molecule has 1 saturated heterocycles. The Hall–Kier alpha value is -1.62. The molecule has 22 heavy (non-hydrogen) atoms. The van der Waals surface area contributed by atoms with Crippen molar-refractivity contribution >= 4 is 5.78 Å². The van der Waals surface area contributed by atoms with Crippen LogP contribution < -0.4 is 4.74 Å². The molecule has 0 amide bonds. The molecule has 0 spiro atoms. The lowest BCUT2D eigenvalue weighted by Crippen LogP contribution is -2.15. The number of imidazole rings is 1. The monoisotopic (exact) mass is 305 g/mol. The SMILES string of the molecule is CC.Cc1cn2cc(C3CCCOC3)nc2nc1OC(C)C. The molecule has 0 N–H and O–H groups in total. The van der Waals surface area contributed by atoms with E-state index in [1.807, 2.05) is 45.2 Å². The van der Waals surface area contributed by atoms with Crippen molar-refractivity contribution < 1.29 is 9.47 Å². The Bertz CT molecular complexity index is 601. The highest BCUT2D eigenvalue weighted by atomic mass is 16.5. The zero-order chi connectivity index (χ0) is 16.1. The maximum atomic E-state index is 5.72. The Morgan fingerprint density at radius 2 is 2.05 bits per heavy atom. The Kier molecular flexibility index (Phi) is 5.77. The van der Waals surface area contributed by atoms with E-state index in [1.165, 1.54) is 0 Å². The van der Waals surface area contributed by atoms with Crippen LogP contribution >= 0.6 is 0 Å². The number of ether oxygens (including phenoxy) is 2. The van der Waals surface area contributed by atoms with E-state index in [0.717, 1.165) is 37.3 Å². The molecule has 3 heterocycles. The molecule has 5 heteroatoms. The first-order chi connectivity index (χ1) is 10.6. The van der Waals surface area contributed by atoms with E-state index >= 15 is 0 Å². The lowest BCUT2D eigenvalue weighted by Gasteiger charge is -2.19. The maximum absolute atomic E-state index is 5.72. The maximum Gasteiger partial charge on any atom is 0.237 e. The van der Waals surface area contributed by atoms with Gasteiger partial charge in [0.1, 0.15) is 0 Å². The average Bonchev–Trinajstić information content (AvgIpc) is 2.93. The summed E-state index contributed by atoms with van der Waals surface area (Å²) in [5.41, 5.74) is 2.09. The van der Waals surface area contributed by atoms with Gasteiger partial charge in [-0.05, 0) is 33.6 Å². The molecule has 0 aliphatic carbocycles. The van der Waals surface area contributed by atoms with E-state index < -0.39 is 0 Å². The van der Waals surface area contributed by atoms with Crippen LogP contribution in [0.25, 0.3) is 5.78 Å². The number of aryl methyl sites for hydroxylation is 1. The van der Waals surface area contributed by atoms with E-state index in [9.17, 15) is 0 Å². The molecule has 0 bridgehead atoms. The molecule has 1 fully saturated rings. The van der Waals surface area contributed by atoms with Gasteiger partial charge >= 0.3 is 0 Å². The summed E-state index contributed by atoms with van der Waals surface area (Å²) in [4.78, 5) is 9.16. The second kappa shape index (κ2) is 7.58. The van der Waals surface area contributed by atoms with Gasteiger partial charge in [-0.15, -0.1) is 0 Å². The van der Waals surface area contributed by atoms with E-state index in [1.54, 1.807) is 0 Å². The topological polar surface area (TPSA) is 48.7 Å². The predicted octanol–water partition coefficient (Wildman–Crippen LogP) is 3.75. The van der Waals surface area contributed by atoms with Gasteiger partial charge in [-0.2, -0.15) is 4.98 Å². The zero-order valence-electron chi connectivity index (χ0n) is 14.3. The molecule has 5 nitrogen and oxygen atoms in total. The predicted molar refractivity (Wildman–Crippen MR) is 87.6 cm³/mol. The van der Waals surface area contributed by atoms with Crippen LogP contribution in [0.15, 0.2) is 12.4 Å². The van der Waals surface area contributed by atoms with Gasteiger partial charge in [0, 0.05) is 30.5 Å². The highest BCUT2D eigenvalue weighted by Gasteiger charge is 2.20. The van der Waals surface area contributed by atoms with Crippen molar-refractivity contribution in [1.29, 1.82) is 0 Å². The molecule has 0 radical (unpaired) electrons. The third kappa shape index (κ3) is 3.77. The standard InChI is InChI=1S/C15H21N3O2.C2H6/c1-10(2)20-14-11(3)7-18-8-13(16-15(18)17-14)12-5-4-6-19-9-12;1-2/h7-8,10,12H,4-6,9H2,1-3H3;1-2H3. The van der Waals surface area contributed by atoms with Gasteiger partial charge < -0.3 is 9.47 Å². The Balaban J connectivity index is 0.000000847. The summed E-state index contributed by atoms with van der Waals surface area (Å²) in [5, 5.41) is 0. The van der Waals surface area contributed by atoms with Crippen LogP contribution in [-0.4, -0.2) is 33.7 Å². The molecule has 3 rings (SSSR count). The lowest BCUT2D eigenvalue weighted by atomic mass is 9.99. The van der Waals surface area contributed by atoms with Gasteiger partial charge in [0.2, 0.25) is 11.7 Å². The van der Waals surface area contributed by atoms with Crippen molar-refractivity contribution in [1.82, 2.24) is 14.4 Å². The van der Waals surface area contributed by atoms with Crippen LogP contribution in [0.2, 0.25) is 0 Å². The van der Waals surface area contributed by atoms with Crippen molar-refractivity contribution in [2.75, 3.05) is 13.2 Å². The fourth-order valence-electron chi connectivity index (χ4n) is 2.54. The minimum Gasteiger partial charge on any atom is -0.475 e. The molecule has 1 atom stereocenters. The molecular formula is C17H27N3O2. The Morgan fingerprint density at radius 1 is 1.27 bits per heavy atom. The summed E-state index contributed by atoms with van der Waals surface area (Å²) in [5.74, 6) is 1.76. The van der Waals surface area contributed by atoms with Gasteiger partial charge in [0.15, 0.2) is 0 Å². The summed E-state index contributed by atoms with van der Waals surface area (Å²) in [7, 11) is 0. The molecule has 1 aliphatic heterocycles. The third-order valence-electron chi connectivity index (χ3n) is 3.53. The first kappa shape index (κ1) is 16.7. The molecule has 122 valence electrons. The van der Waals surface area contributed by atoms with Crippen LogP contribution in [0.3, 0.4) is 0 Å². The molecule has 2 aromatic heterocycles. The van der Waals surface area contributed by atoms with Gasteiger partial charge in [-0.3, -0.25) is 4.40 Å². The summed E-state index contributed by atoms with van der Waals surface area (Å²) < 4.78 is 13.2. The number of hydrogen-bond donors (Lipinski definition) is 0. The quantitative estimate of drug-likeness (QED) is 0.866. The fraction of sp³-hybridized carbons (Fsp3) is 0.647. The molecule has 0 saturated carbocycles. The minimum atomic E-state index is 0.116. The lowest BCUT2D eigenvalue weighted by molar-refractivity contribution is 0.0794. The molecule has 1 aliphatic rings. The molecule has 0 aromatic carbocycles. The second-order valence-corrected chi connectivity index (χ2v) is 5.68. The fourth-order valence-corrected chi connectivity index (χ4v) is 2.54. The average molecular weight is 305 g/mol. The van der Waals surface area contributed by atoms with Crippen molar-refractivity contribution in [2.45, 2.75) is 59.5 Å². The van der Waals surface area contributed by atoms with E-state index in [2.05, 4.69) is 16.2 Å². The van der Waals surface area contributed by atoms with E-state index in [4.69, 9.17) is 9.47 Å². The largest absolute Gasteiger partial charge is 0.475 e. The van der Waals surface area contributed by atoms with Crippen molar-refractivity contribution in [3.8, 4) is 5.88 Å². The van der Waals surface area contributed by atoms with Gasteiger partial charge in [0.25, 0.3) is 0 Å². The van der Waals surface area contributed by atoms with E-state index in [-0.39, 0.29) is 6.10 Å². The number of aromatic nitrogens is 3. The van der Waals surface area contributed by atoms with Gasteiger partial charge in [-0.1, -0.05) is 13.8 Å². The molecule has 1 unspecified atom stereocenters. The first-order valence-electron chi connectivity index (χ1n) is 8.24. The van der Waals surface area contributed by atoms with Gasteiger partial charge in [-0.25, -0.2) is 4.98 Å². The van der Waals surface area contributed by atoms with E-state index in [0.29, 0.717) is 17.6 Å². The second-order valence-electron chi connectivity index (χ2n) is 5.68. The summed E-state index contributed by atoms with van der Waals surface area (Å²) >= 11 is 0. The third-order valence-corrected chi connectivity index (χ3v) is 3.53. The van der Waals surface area contributed by atoms with Crippen molar-refractivity contribution in [3.05, 3.63) is 23.7 Å². The normalized spacial score (nSPS) is 18.2. The van der Waals surface area contributed by atoms with Crippen LogP contribution in [0, 0.1) is 6.92 Å². The molecular weight excluding hydrogens is 278 g/mol. The van der Waals surface area contributed by atoms with Gasteiger partial charge in [0.05, 0.1) is 18.4 Å².